The van der Waals surface area contributed by atoms with Gasteiger partial charge in [0.2, 0.25) is 0 Å². The fourth-order valence-electron chi connectivity index (χ4n) is 2.79. The number of aromatic nitrogens is 5. The molecule has 0 aliphatic carbocycles. The van der Waals surface area contributed by atoms with Gasteiger partial charge in [-0.2, -0.15) is 5.10 Å². The summed E-state index contributed by atoms with van der Waals surface area (Å²) < 4.78 is 26.6. The summed E-state index contributed by atoms with van der Waals surface area (Å²) in [4.78, 5) is 11.6. The number of methoxy groups -OCH3 is 2. The molecule has 0 bridgehead atoms. The number of aromatic amines is 1. The molecule has 4 aromatic rings. The van der Waals surface area contributed by atoms with Gasteiger partial charge in [0.1, 0.15) is 17.2 Å². The molecule has 3 heterocycles. The number of rotatable bonds is 5. The topological polar surface area (TPSA) is 77.9 Å². The summed E-state index contributed by atoms with van der Waals surface area (Å²) in [5, 5.41) is 4.33. The summed E-state index contributed by atoms with van der Waals surface area (Å²) in [5.74, 6) is 0.712. The molecule has 0 saturated carbocycles. The van der Waals surface area contributed by atoms with Crippen LogP contribution in [0.2, 0.25) is 0 Å². The van der Waals surface area contributed by atoms with Gasteiger partial charge in [0.05, 0.1) is 32.5 Å². The number of halogens is 1. The summed E-state index contributed by atoms with van der Waals surface area (Å²) in [6, 6.07) is 6.67. The molecule has 0 fully saturated rings. The summed E-state index contributed by atoms with van der Waals surface area (Å²) in [5.41, 5.74) is 2.72. The van der Waals surface area contributed by atoms with E-state index in [0.717, 1.165) is 11.1 Å². The first-order valence-corrected chi connectivity index (χ1v) is 7.92. The minimum Gasteiger partial charge on any atom is -0.493 e. The fourth-order valence-corrected chi connectivity index (χ4v) is 2.79. The van der Waals surface area contributed by atoms with Crippen molar-refractivity contribution in [3.8, 4) is 22.9 Å². The Bertz CT molecular complexity index is 1060. The van der Waals surface area contributed by atoms with Gasteiger partial charge in [-0.1, -0.05) is 0 Å². The van der Waals surface area contributed by atoms with E-state index in [1.54, 1.807) is 29.3 Å². The van der Waals surface area contributed by atoms with Crippen LogP contribution in [0.25, 0.3) is 22.6 Å². The van der Waals surface area contributed by atoms with Gasteiger partial charge >= 0.3 is 0 Å². The largest absolute Gasteiger partial charge is 0.493 e. The van der Waals surface area contributed by atoms with Gasteiger partial charge in [-0.25, -0.2) is 14.1 Å². The van der Waals surface area contributed by atoms with Crippen molar-refractivity contribution in [3.05, 3.63) is 54.2 Å². The molecule has 132 valence electrons. The number of ether oxygens (including phenoxy) is 2. The van der Waals surface area contributed by atoms with Crippen LogP contribution in [0.1, 0.15) is 5.56 Å². The van der Waals surface area contributed by atoms with Crippen LogP contribution < -0.4 is 9.47 Å². The Morgan fingerprint density at radius 3 is 2.58 bits per heavy atom. The molecule has 3 aromatic heterocycles. The quantitative estimate of drug-likeness (QED) is 0.597. The molecule has 0 amide bonds. The van der Waals surface area contributed by atoms with Crippen LogP contribution in [0.3, 0.4) is 0 Å². The van der Waals surface area contributed by atoms with Crippen LogP contribution in [0.4, 0.5) is 4.39 Å². The number of fused-ring (bicyclic) bond motifs is 1. The van der Waals surface area contributed by atoms with Crippen LogP contribution in [0.5, 0.6) is 11.5 Å². The van der Waals surface area contributed by atoms with E-state index in [2.05, 4.69) is 20.1 Å². The van der Waals surface area contributed by atoms with Gasteiger partial charge in [-0.05, 0) is 23.8 Å². The Balaban J connectivity index is 1.75. The van der Waals surface area contributed by atoms with E-state index in [9.17, 15) is 4.39 Å². The molecule has 0 aliphatic rings. The van der Waals surface area contributed by atoms with Gasteiger partial charge in [0.15, 0.2) is 17.1 Å². The van der Waals surface area contributed by atoms with E-state index >= 15 is 0 Å². The summed E-state index contributed by atoms with van der Waals surface area (Å²) >= 11 is 0. The average molecular weight is 353 g/mol. The third kappa shape index (κ3) is 2.75. The first-order valence-electron chi connectivity index (χ1n) is 7.92. The molecule has 1 N–H and O–H groups in total. The van der Waals surface area contributed by atoms with Crippen LogP contribution in [0.15, 0.2) is 42.9 Å². The van der Waals surface area contributed by atoms with Gasteiger partial charge in [0, 0.05) is 18.5 Å². The fraction of sp³-hybridized carbons (Fsp3) is 0.167. The first-order chi connectivity index (χ1) is 12.7. The van der Waals surface area contributed by atoms with Crippen molar-refractivity contribution in [1.29, 1.82) is 0 Å². The lowest BCUT2D eigenvalue weighted by Crippen LogP contribution is -2.02. The Hall–Kier alpha value is -3.42. The molecule has 0 spiro atoms. The number of pyridine rings is 1. The minimum atomic E-state index is -0.451. The maximum atomic E-state index is 14.5. The number of nitrogens with zero attached hydrogens (tertiary/aromatic N) is 4. The van der Waals surface area contributed by atoms with Crippen LogP contribution in [0, 0.1) is 5.82 Å². The molecule has 0 unspecified atom stereocenters. The average Bonchev–Trinajstić information content (AvgIpc) is 3.24. The second kappa shape index (κ2) is 6.47. The predicted octanol–water partition coefficient (Wildman–Crippen LogP) is 3.03. The summed E-state index contributed by atoms with van der Waals surface area (Å²) in [6.45, 7) is 0.546. The number of nitrogens with one attached hydrogen (secondary N) is 1. The second-order valence-corrected chi connectivity index (χ2v) is 5.67. The smallest absolute Gasteiger partial charge is 0.177 e. The highest BCUT2D eigenvalue weighted by atomic mass is 19.1. The minimum absolute atomic E-state index is 0.300. The van der Waals surface area contributed by atoms with E-state index in [1.165, 1.54) is 20.3 Å². The number of imidazole rings is 1. The lowest BCUT2D eigenvalue weighted by molar-refractivity contribution is 0.352. The van der Waals surface area contributed by atoms with E-state index in [0.29, 0.717) is 35.1 Å². The monoisotopic (exact) mass is 353 g/mol. The summed E-state index contributed by atoms with van der Waals surface area (Å²) in [6.07, 6.45) is 5.13. The van der Waals surface area contributed by atoms with Crippen molar-refractivity contribution in [2.24, 2.45) is 0 Å². The molecule has 8 heteroatoms. The zero-order valence-electron chi connectivity index (χ0n) is 14.2. The van der Waals surface area contributed by atoms with Crippen LogP contribution in [-0.4, -0.2) is 39.0 Å². The first kappa shape index (κ1) is 16.1. The molecule has 0 aliphatic heterocycles. The third-order valence-electron chi connectivity index (χ3n) is 4.09. The SMILES string of the molecule is COc1cc(F)c(-c2nc3c(cnn3Cc3ccncc3)[nH]2)cc1OC. The lowest BCUT2D eigenvalue weighted by atomic mass is 10.1. The zero-order valence-corrected chi connectivity index (χ0v) is 14.2. The van der Waals surface area contributed by atoms with Gasteiger partial charge < -0.3 is 14.5 Å². The van der Waals surface area contributed by atoms with Crippen molar-refractivity contribution in [3.63, 3.8) is 0 Å². The predicted molar refractivity (Wildman–Crippen MR) is 93.7 cm³/mol. The van der Waals surface area contributed by atoms with Crippen LogP contribution >= 0.6 is 0 Å². The van der Waals surface area contributed by atoms with Gasteiger partial charge in [0.25, 0.3) is 0 Å². The highest BCUT2D eigenvalue weighted by Gasteiger charge is 2.17. The molecule has 0 saturated heterocycles. The molecule has 4 rings (SSSR count). The Morgan fingerprint density at radius 1 is 1.12 bits per heavy atom. The van der Waals surface area contributed by atoms with E-state index in [4.69, 9.17) is 9.47 Å². The molecule has 26 heavy (non-hydrogen) atoms. The maximum Gasteiger partial charge on any atom is 0.177 e. The van der Waals surface area contributed by atoms with E-state index < -0.39 is 5.82 Å². The van der Waals surface area contributed by atoms with Crippen molar-refractivity contribution < 1.29 is 13.9 Å². The van der Waals surface area contributed by atoms with Gasteiger partial charge in [-0.3, -0.25) is 4.98 Å². The molecule has 0 radical (unpaired) electrons. The number of H-pyrrole nitrogens is 1. The number of hydrogen-bond donors (Lipinski definition) is 1. The normalized spacial score (nSPS) is 11.0. The standard InChI is InChI=1S/C18H16FN5O2/c1-25-15-7-12(13(19)8-16(15)26-2)17-22-14-9-21-24(18(14)23-17)10-11-3-5-20-6-4-11/h3-9H,10H2,1-2H3,(H,22,23). The van der Waals surface area contributed by atoms with Crippen molar-refractivity contribution >= 4 is 11.2 Å². The maximum absolute atomic E-state index is 14.5. The highest BCUT2D eigenvalue weighted by molar-refractivity contribution is 5.76. The number of benzene rings is 1. The van der Waals surface area contributed by atoms with Crippen molar-refractivity contribution in [2.45, 2.75) is 6.54 Å². The highest BCUT2D eigenvalue weighted by Crippen LogP contribution is 2.34. The number of hydrogen-bond acceptors (Lipinski definition) is 5. The zero-order chi connectivity index (χ0) is 18.1. The Morgan fingerprint density at radius 2 is 1.85 bits per heavy atom. The van der Waals surface area contributed by atoms with Crippen molar-refractivity contribution in [2.75, 3.05) is 14.2 Å². The molecular weight excluding hydrogens is 337 g/mol. The third-order valence-corrected chi connectivity index (χ3v) is 4.09. The van der Waals surface area contributed by atoms with Crippen LogP contribution in [-0.2, 0) is 6.54 Å². The van der Waals surface area contributed by atoms with E-state index in [1.807, 2.05) is 12.1 Å². The molecule has 1 aromatic carbocycles. The van der Waals surface area contributed by atoms with Gasteiger partial charge in [-0.15, -0.1) is 0 Å². The molecule has 7 nitrogen and oxygen atoms in total. The Labute approximate surface area is 148 Å². The molecule has 0 atom stereocenters. The van der Waals surface area contributed by atoms with E-state index in [-0.39, 0.29) is 0 Å². The van der Waals surface area contributed by atoms with Crippen molar-refractivity contribution in [1.82, 2.24) is 24.7 Å². The second-order valence-electron chi connectivity index (χ2n) is 5.67. The summed E-state index contributed by atoms with van der Waals surface area (Å²) in [7, 11) is 2.97. The Kier molecular flexibility index (Phi) is 4.00. The molecular formula is C18H16FN5O2. The lowest BCUT2D eigenvalue weighted by Gasteiger charge is -2.09.